The van der Waals surface area contributed by atoms with Gasteiger partial charge in [0.05, 0.1) is 0 Å². The summed E-state index contributed by atoms with van der Waals surface area (Å²) >= 11 is 5.73. The Balaban J connectivity index is 2.42. The highest BCUT2D eigenvalue weighted by molar-refractivity contribution is 7.93. The second-order valence-corrected chi connectivity index (χ2v) is 8.14. The third-order valence-electron chi connectivity index (χ3n) is 3.12. The summed E-state index contributed by atoms with van der Waals surface area (Å²) in [4.78, 5) is 24.5. The second-order valence-electron chi connectivity index (χ2n) is 5.50. The average molecular weight is 292 g/mol. The smallest absolute Gasteiger partial charge is 0.249 e. The van der Waals surface area contributed by atoms with E-state index in [-0.39, 0.29) is 5.78 Å². The summed E-state index contributed by atoms with van der Waals surface area (Å²) in [6.45, 7) is 4.99. The zero-order chi connectivity index (χ0) is 13.9. The first kappa shape index (κ1) is 13.5. The van der Waals surface area contributed by atoms with Gasteiger partial charge in [0.25, 0.3) is 0 Å². The summed E-state index contributed by atoms with van der Waals surface area (Å²) in [6.07, 6.45) is 2.61. The van der Waals surface area contributed by atoms with Crippen LogP contribution in [0.1, 0.15) is 20.8 Å². The molecule has 5 nitrogen and oxygen atoms in total. The first-order valence-electron chi connectivity index (χ1n) is 5.50. The zero-order valence-electron chi connectivity index (χ0n) is 10.3. The van der Waals surface area contributed by atoms with Gasteiger partial charge in [0.2, 0.25) is 5.91 Å². The van der Waals surface area contributed by atoms with E-state index in [0.29, 0.717) is 0 Å². The molecule has 1 fully saturated rings. The van der Waals surface area contributed by atoms with Gasteiger partial charge in [-0.1, -0.05) is 20.8 Å². The maximum atomic E-state index is 12.3. The van der Waals surface area contributed by atoms with Crippen molar-refractivity contribution in [1.29, 1.82) is 0 Å². The van der Waals surface area contributed by atoms with Crippen LogP contribution in [0.15, 0.2) is 12.3 Å². The molecule has 3 atom stereocenters. The van der Waals surface area contributed by atoms with Crippen molar-refractivity contribution in [2.45, 2.75) is 36.8 Å². The Morgan fingerprint density at radius 1 is 1.39 bits per heavy atom. The average Bonchev–Trinajstić information content (AvgIpc) is 2.24. The summed E-state index contributed by atoms with van der Waals surface area (Å²) in [5, 5.41) is -3.41. The number of rotatable bonds is 1. The van der Waals surface area contributed by atoms with Gasteiger partial charge >= 0.3 is 0 Å². The van der Waals surface area contributed by atoms with Gasteiger partial charge in [-0.15, -0.1) is 11.6 Å². The summed E-state index contributed by atoms with van der Waals surface area (Å²) in [5.41, 5.74) is -0.764. The molecule has 2 heterocycles. The van der Waals surface area contributed by atoms with Crippen molar-refractivity contribution in [3.8, 4) is 0 Å². The van der Waals surface area contributed by atoms with E-state index in [9.17, 15) is 18.0 Å². The number of ketones is 1. The van der Waals surface area contributed by atoms with Gasteiger partial charge in [-0.2, -0.15) is 0 Å². The normalized spacial score (nSPS) is 33.9. The Kier molecular flexibility index (Phi) is 2.86. The molecule has 1 unspecified atom stereocenters. The number of β-lactam (4-membered cyclic amide) rings is 1. The third kappa shape index (κ3) is 1.70. The molecule has 0 aromatic rings. The zero-order valence-corrected chi connectivity index (χ0v) is 11.8. The van der Waals surface area contributed by atoms with E-state index in [1.54, 1.807) is 20.8 Å². The lowest BCUT2D eigenvalue weighted by Gasteiger charge is -2.45. The fraction of sp³-hybridized carbons (Fsp3) is 0.636. The van der Waals surface area contributed by atoms with Crippen LogP contribution in [0.4, 0.5) is 0 Å². The quantitative estimate of drug-likeness (QED) is 0.526. The summed E-state index contributed by atoms with van der Waals surface area (Å²) in [5.74, 6) is -0.829. The van der Waals surface area contributed by atoms with Crippen molar-refractivity contribution in [1.82, 2.24) is 4.90 Å². The largest absolute Gasteiger partial charge is 0.298 e. The molecule has 1 amide bonds. The molecule has 0 saturated carbocycles. The van der Waals surface area contributed by atoms with Crippen LogP contribution in [-0.4, -0.2) is 41.0 Å². The summed E-state index contributed by atoms with van der Waals surface area (Å²) in [7, 11) is -3.79. The van der Waals surface area contributed by atoms with Crippen LogP contribution in [0, 0.1) is 5.41 Å². The molecule has 0 aliphatic carbocycles. The Labute approximate surface area is 111 Å². The SMILES string of the molecule is CC(C)(C)C(=O)C1C=CN2C(=O)[C@H](Cl)[C@H]2S1(=O)=O. The molecule has 100 valence electrons. The molecule has 2 aliphatic rings. The number of nitrogens with zero attached hydrogens (tertiary/aromatic N) is 1. The van der Waals surface area contributed by atoms with Crippen LogP contribution < -0.4 is 0 Å². The van der Waals surface area contributed by atoms with E-state index in [4.69, 9.17) is 11.6 Å². The van der Waals surface area contributed by atoms with Gasteiger partial charge < -0.3 is 0 Å². The number of sulfone groups is 1. The molecule has 2 rings (SSSR count). The van der Waals surface area contributed by atoms with E-state index in [1.165, 1.54) is 12.3 Å². The van der Waals surface area contributed by atoms with Gasteiger partial charge in [0, 0.05) is 11.6 Å². The molecule has 0 N–H and O–H groups in total. The van der Waals surface area contributed by atoms with Crippen LogP contribution in [0.5, 0.6) is 0 Å². The lowest BCUT2D eigenvalue weighted by atomic mass is 9.88. The number of hydrogen-bond acceptors (Lipinski definition) is 4. The Morgan fingerprint density at radius 2 is 1.94 bits per heavy atom. The number of Topliss-reactive ketones (excluding diaryl/α,β-unsaturated/α-hetero) is 1. The predicted molar refractivity (Wildman–Crippen MR) is 66.6 cm³/mol. The van der Waals surface area contributed by atoms with Crippen molar-refractivity contribution < 1.29 is 18.0 Å². The first-order valence-corrected chi connectivity index (χ1v) is 7.54. The van der Waals surface area contributed by atoms with Crippen LogP contribution in [0.25, 0.3) is 0 Å². The molecular weight excluding hydrogens is 278 g/mol. The van der Waals surface area contributed by atoms with Gasteiger partial charge in [0.1, 0.15) is 10.6 Å². The van der Waals surface area contributed by atoms with E-state index in [1.807, 2.05) is 0 Å². The van der Waals surface area contributed by atoms with Crippen molar-refractivity contribution in [3.63, 3.8) is 0 Å². The molecule has 0 aromatic carbocycles. The monoisotopic (exact) mass is 291 g/mol. The van der Waals surface area contributed by atoms with Crippen LogP contribution in [0.3, 0.4) is 0 Å². The number of hydrogen-bond donors (Lipinski definition) is 0. The molecule has 0 radical (unpaired) electrons. The van der Waals surface area contributed by atoms with Crippen LogP contribution in [0.2, 0.25) is 0 Å². The minimum absolute atomic E-state index is 0.387. The van der Waals surface area contributed by atoms with E-state index in [2.05, 4.69) is 0 Å². The number of fused-ring (bicyclic) bond motifs is 1. The van der Waals surface area contributed by atoms with Gasteiger partial charge in [-0.3, -0.25) is 14.5 Å². The number of carbonyl (C=O) groups excluding carboxylic acids is 2. The maximum Gasteiger partial charge on any atom is 0.249 e. The summed E-state index contributed by atoms with van der Waals surface area (Å²) in [6, 6.07) is 0. The van der Waals surface area contributed by atoms with Gasteiger partial charge in [-0.25, -0.2) is 8.42 Å². The van der Waals surface area contributed by atoms with Crippen molar-refractivity contribution in [3.05, 3.63) is 12.3 Å². The predicted octanol–water partition coefficient (Wildman–Crippen LogP) is 0.688. The summed E-state index contributed by atoms with van der Waals surface area (Å²) < 4.78 is 24.5. The van der Waals surface area contributed by atoms with Crippen molar-refractivity contribution >= 4 is 33.1 Å². The minimum atomic E-state index is -3.79. The molecule has 1 saturated heterocycles. The highest BCUT2D eigenvalue weighted by Crippen LogP contribution is 2.37. The molecule has 2 aliphatic heterocycles. The Hall–Kier alpha value is -0.880. The van der Waals surface area contributed by atoms with E-state index in [0.717, 1.165) is 4.90 Å². The molecule has 0 aromatic heterocycles. The lowest BCUT2D eigenvalue weighted by Crippen LogP contribution is -2.67. The number of carbonyl (C=O) groups is 2. The number of amides is 1. The van der Waals surface area contributed by atoms with E-state index >= 15 is 0 Å². The van der Waals surface area contributed by atoms with Gasteiger partial charge in [0.15, 0.2) is 21.0 Å². The molecule has 0 bridgehead atoms. The topological polar surface area (TPSA) is 71.5 Å². The Bertz CT molecular complexity index is 546. The standard InChI is InChI=1S/C11H14ClNO4S/c1-11(2,3)8(14)6-4-5-13-9(15)7(12)10(13)18(6,16)17/h4-7,10H,1-3H3/t6?,7-,10+/m0/s1. The van der Waals surface area contributed by atoms with E-state index < -0.39 is 37.2 Å². The van der Waals surface area contributed by atoms with Crippen molar-refractivity contribution in [2.75, 3.05) is 0 Å². The highest BCUT2D eigenvalue weighted by Gasteiger charge is 2.58. The molecular formula is C11H14ClNO4S. The number of alkyl halides is 1. The van der Waals surface area contributed by atoms with Crippen molar-refractivity contribution in [2.24, 2.45) is 5.41 Å². The van der Waals surface area contributed by atoms with Gasteiger partial charge in [-0.05, 0) is 6.08 Å². The first-order chi connectivity index (χ1) is 8.08. The Morgan fingerprint density at radius 3 is 2.44 bits per heavy atom. The molecule has 0 spiro atoms. The maximum absolute atomic E-state index is 12.3. The molecule has 7 heteroatoms. The van der Waals surface area contributed by atoms with Crippen LogP contribution >= 0.6 is 11.6 Å². The van der Waals surface area contributed by atoms with Crippen LogP contribution in [-0.2, 0) is 19.4 Å². The minimum Gasteiger partial charge on any atom is -0.298 e. The second kappa shape index (κ2) is 3.81. The fourth-order valence-electron chi connectivity index (χ4n) is 2.03. The fourth-order valence-corrected chi connectivity index (χ4v) is 4.87. The lowest BCUT2D eigenvalue weighted by molar-refractivity contribution is -0.137. The molecule has 18 heavy (non-hydrogen) atoms. The number of halogens is 1. The highest BCUT2D eigenvalue weighted by atomic mass is 35.5. The third-order valence-corrected chi connectivity index (χ3v) is 5.95.